The second kappa shape index (κ2) is 28.0. The smallest absolute Gasteiger partial charge is 0.330 e. The van der Waals surface area contributed by atoms with Gasteiger partial charge in [-0.2, -0.15) is 0 Å². The van der Waals surface area contributed by atoms with Gasteiger partial charge in [0.05, 0.1) is 6.61 Å². The molecule has 0 aromatic heterocycles. The third-order valence-electron chi connectivity index (χ3n) is 6.28. The van der Waals surface area contributed by atoms with E-state index >= 15 is 0 Å². The Bertz CT molecular complexity index is 378. The molecule has 1 aliphatic carbocycles. The summed E-state index contributed by atoms with van der Waals surface area (Å²) in [5, 5.41) is 0. The maximum Gasteiger partial charge on any atom is 0.330 e. The van der Waals surface area contributed by atoms with Crippen LogP contribution >= 0.6 is 0 Å². The van der Waals surface area contributed by atoms with Gasteiger partial charge in [0.25, 0.3) is 0 Å². The summed E-state index contributed by atoms with van der Waals surface area (Å²) in [5.74, 6) is 1.85. The molecule has 32 heavy (non-hydrogen) atoms. The number of esters is 1. The molecule has 0 radical (unpaired) electrons. The number of ether oxygens (including phenoxy) is 1. The number of carbonyl (C=O) groups is 1. The van der Waals surface area contributed by atoms with Crippen LogP contribution in [0, 0.1) is 11.8 Å². The Morgan fingerprint density at radius 3 is 1.56 bits per heavy atom. The molecule has 2 nitrogen and oxygen atoms in total. The second-order valence-electron chi connectivity index (χ2n) is 9.39. The van der Waals surface area contributed by atoms with Crippen LogP contribution in [0.1, 0.15) is 143 Å². The SMILES string of the molecule is C=CCCCCCCCCOC(=O)C=C.CCCC1CCC(CCC)CC1.CCCCC. The fourth-order valence-corrected chi connectivity index (χ4v) is 4.31. The van der Waals surface area contributed by atoms with Gasteiger partial charge >= 0.3 is 5.97 Å². The Morgan fingerprint density at radius 2 is 1.19 bits per heavy atom. The van der Waals surface area contributed by atoms with E-state index in [2.05, 4.69) is 40.9 Å². The zero-order valence-electron chi connectivity index (χ0n) is 22.5. The van der Waals surface area contributed by atoms with Gasteiger partial charge in [-0.1, -0.05) is 137 Å². The van der Waals surface area contributed by atoms with Gasteiger partial charge in [-0.15, -0.1) is 6.58 Å². The van der Waals surface area contributed by atoms with E-state index in [-0.39, 0.29) is 5.97 Å². The standard InChI is InChI=1S/C13H22O2.C12H24.C5H12/c1-3-5-6-7-8-9-10-11-12-15-13(14)4-2;1-3-5-11-7-9-12(6-4-2)10-8-11;1-3-5-4-2/h3-4H,1-2,5-12H2;11-12H,3-10H2,1-2H3;3-5H2,1-2H3. The molecule has 0 atom stereocenters. The maximum absolute atomic E-state index is 10.7. The minimum Gasteiger partial charge on any atom is -0.463 e. The highest BCUT2D eigenvalue weighted by molar-refractivity contribution is 5.81. The van der Waals surface area contributed by atoms with Gasteiger partial charge in [0.1, 0.15) is 0 Å². The van der Waals surface area contributed by atoms with Gasteiger partial charge in [0, 0.05) is 6.08 Å². The monoisotopic (exact) mass is 450 g/mol. The first-order valence-corrected chi connectivity index (χ1v) is 14.0. The molecular weight excluding hydrogens is 392 g/mol. The summed E-state index contributed by atoms with van der Waals surface area (Å²) in [5.41, 5.74) is 0. The van der Waals surface area contributed by atoms with Gasteiger partial charge in [-0.3, -0.25) is 0 Å². The van der Waals surface area contributed by atoms with Crippen LogP contribution in [-0.2, 0) is 9.53 Å². The van der Waals surface area contributed by atoms with Crippen molar-refractivity contribution < 1.29 is 9.53 Å². The van der Waals surface area contributed by atoms with E-state index in [1.54, 1.807) is 0 Å². The molecule has 0 heterocycles. The molecule has 1 rings (SSSR count). The minimum absolute atomic E-state index is 0.319. The first-order chi connectivity index (χ1) is 15.6. The quantitative estimate of drug-likeness (QED) is 0.101. The van der Waals surface area contributed by atoms with Crippen molar-refractivity contribution in [1.29, 1.82) is 0 Å². The Balaban J connectivity index is 0. The van der Waals surface area contributed by atoms with Crippen molar-refractivity contribution in [2.75, 3.05) is 6.61 Å². The Morgan fingerprint density at radius 1 is 0.719 bits per heavy atom. The fraction of sp³-hybridized carbons (Fsp3) is 0.833. The molecule has 1 aliphatic rings. The van der Waals surface area contributed by atoms with E-state index in [0.29, 0.717) is 6.61 Å². The molecule has 2 heteroatoms. The van der Waals surface area contributed by atoms with Crippen LogP contribution in [0.2, 0.25) is 0 Å². The van der Waals surface area contributed by atoms with Crippen LogP contribution in [0.4, 0.5) is 0 Å². The van der Waals surface area contributed by atoms with E-state index in [4.69, 9.17) is 4.74 Å². The van der Waals surface area contributed by atoms with Crippen molar-refractivity contribution in [3.05, 3.63) is 25.3 Å². The highest BCUT2D eigenvalue weighted by Gasteiger charge is 2.19. The summed E-state index contributed by atoms with van der Waals surface area (Å²) in [6, 6.07) is 0. The van der Waals surface area contributed by atoms with E-state index in [1.165, 1.54) is 102 Å². The van der Waals surface area contributed by atoms with Crippen molar-refractivity contribution >= 4 is 5.97 Å². The van der Waals surface area contributed by atoms with E-state index < -0.39 is 0 Å². The Hall–Kier alpha value is -1.05. The van der Waals surface area contributed by atoms with Crippen LogP contribution in [0.25, 0.3) is 0 Å². The first-order valence-electron chi connectivity index (χ1n) is 14.0. The fourth-order valence-electron chi connectivity index (χ4n) is 4.31. The molecule has 0 saturated heterocycles. The maximum atomic E-state index is 10.7. The number of rotatable bonds is 16. The molecule has 0 unspecified atom stereocenters. The normalized spacial score (nSPS) is 17.2. The third kappa shape index (κ3) is 25.2. The molecule has 0 aliphatic heterocycles. The lowest BCUT2D eigenvalue weighted by Crippen LogP contribution is -2.14. The van der Waals surface area contributed by atoms with Crippen molar-refractivity contribution in [2.45, 2.75) is 143 Å². The molecule has 0 spiro atoms. The van der Waals surface area contributed by atoms with Crippen LogP contribution in [0.15, 0.2) is 25.3 Å². The molecule has 1 saturated carbocycles. The van der Waals surface area contributed by atoms with Crippen LogP contribution in [0.3, 0.4) is 0 Å². The summed E-state index contributed by atoms with van der Waals surface area (Å²) < 4.78 is 4.87. The molecule has 0 aromatic rings. The third-order valence-corrected chi connectivity index (χ3v) is 6.28. The van der Waals surface area contributed by atoms with Crippen molar-refractivity contribution in [2.24, 2.45) is 11.8 Å². The van der Waals surface area contributed by atoms with Crippen LogP contribution < -0.4 is 0 Å². The van der Waals surface area contributed by atoms with Crippen LogP contribution in [-0.4, -0.2) is 12.6 Å². The summed E-state index contributed by atoms with van der Waals surface area (Å²) in [7, 11) is 0. The van der Waals surface area contributed by atoms with E-state index in [1.807, 2.05) is 6.08 Å². The zero-order valence-corrected chi connectivity index (χ0v) is 22.5. The van der Waals surface area contributed by atoms with Crippen LogP contribution in [0.5, 0.6) is 0 Å². The van der Waals surface area contributed by atoms with E-state index in [0.717, 1.165) is 31.1 Å². The number of allylic oxidation sites excluding steroid dienone is 1. The molecule has 1 fully saturated rings. The van der Waals surface area contributed by atoms with Gasteiger partial charge in [0.15, 0.2) is 0 Å². The highest BCUT2D eigenvalue weighted by atomic mass is 16.5. The summed E-state index contributed by atoms with van der Waals surface area (Å²) in [4.78, 5) is 10.7. The lowest BCUT2D eigenvalue weighted by Gasteiger charge is -2.27. The summed E-state index contributed by atoms with van der Waals surface area (Å²) in [6.07, 6.45) is 27.3. The van der Waals surface area contributed by atoms with Crippen molar-refractivity contribution in [3.63, 3.8) is 0 Å². The van der Waals surface area contributed by atoms with Gasteiger partial charge in [-0.05, 0) is 31.1 Å². The average molecular weight is 451 g/mol. The average Bonchev–Trinajstić information content (AvgIpc) is 2.81. The molecular formula is C30H58O2. The van der Waals surface area contributed by atoms with Gasteiger partial charge in [-0.25, -0.2) is 4.79 Å². The number of unbranched alkanes of at least 4 members (excludes halogenated alkanes) is 8. The number of hydrogen-bond acceptors (Lipinski definition) is 2. The topological polar surface area (TPSA) is 26.3 Å². The summed E-state index contributed by atoms with van der Waals surface area (Å²) in [6.45, 7) is 16.6. The van der Waals surface area contributed by atoms with Crippen molar-refractivity contribution in [1.82, 2.24) is 0 Å². The first kappa shape index (κ1) is 33.1. The zero-order chi connectivity index (χ0) is 24.3. The lowest BCUT2D eigenvalue weighted by atomic mass is 9.78. The molecule has 190 valence electrons. The second-order valence-corrected chi connectivity index (χ2v) is 9.39. The Kier molecular flexibility index (Phi) is 29.0. The minimum atomic E-state index is -0.319. The van der Waals surface area contributed by atoms with E-state index in [9.17, 15) is 4.79 Å². The number of carbonyl (C=O) groups excluding carboxylic acids is 1. The molecule has 0 N–H and O–H groups in total. The van der Waals surface area contributed by atoms with Crippen molar-refractivity contribution in [3.8, 4) is 0 Å². The number of hydrogen-bond donors (Lipinski definition) is 0. The summed E-state index contributed by atoms with van der Waals surface area (Å²) >= 11 is 0. The molecule has 0 aromatic carbocycles. The predicted octanol–water partition coefficient (Wildman–Crippen LogP) is 10.2. The molecule has 0 bridgehead atoms. The van der Waals surface area contributed by atoms with Gasteiger partial charge in [0.2, 0.25) is 0 Å². The largest absolute Gasteiger partial charge is 0.463 e. The highest BCUT2D eigenvalue weighted by Crippen LogP contribution is 2.33. The Labute approximate surface area is 202 Å². The predicted molar refractivity (Wildman–Crippen MR) is 144 cm³/mol. The molecule has 0 amide bonds. The van der Waals surface area contributed by atoms with Gasteiger partial charge < -0.3 is 4.74 Å². The lowest BCUT2D eigenvalue weighted by molar-refractivity contribution is -0.137.